The molecular weight excluding hydrogens is 359 g/mol. The van der Waals surface area contributed by atoms with E-state index in [4.69, 9.17) is 12.2 Å². The Morgan fingerprint density at radius 1 is 1.27 bits per heavy atom. The highest BCUT2D eigenvalue weighted by atomic mass is 32.1. The number of amides is 1. The van der Waals surface area contributed by atoms with Gasteiger partial charge in [0, 0.05) is 13.1 Å². The average Bonchev–Trinajstić information content (AvgIpc) is 2.60. The Bertz CT molecular complexity index is 948. The number of aromatic hydroxyl groups is 1. The lowest BCUT2D eigenvalue weighted by atomic mass is 10.1. The van der Waals surface area contributed by atoms with Gasteiger partial charge in [-0.05, 0) is 43.8 Å². The van der Waals surface area contributed by atoms with Crippen LogP contribution < -0.4 is 11.0 Å². The summed E-state index contributed by atoms with van der Waals surface area (Å²) in [6.45, 7) is 4.27. The van der Waals surface area contributed by atoms with Gasteiger partial charge in [0.05, 0.1) is 12.6 Å². The number of halogens is 1. The first kappa shape index (κ1) is 19.5. The highest BCUT2D eigenvalue weighted by molar-refractivity contribution is 7.71. The summed E-state index contributed by atoms with van der Waals surface area (Å²) in [7, 11) is 0. The molecule has 26 heavy (non-hydrogen) atoms. The summed E-state index contributed by atoms with van der Waals surface area (Å²) in [5, 5.41) is 14.0. The van der Waals surface area contributed by atoms with E-state index in [1.54, 1.807) is 13.8 Å². The van der Waals surface area contributed by atoms with E-state index in [1.165, 1.54) is 33.4 Å². The molecule has 1 aromatic carbocycles. The Morgan fingerprint density at radius 3 is 2.46 bits per heavy atom. The minimum atomic E-state index is -0.490. The molecule has 1 heterocycles. The number of benzene rings is 1. The minimum absolute atomic E-state index is 0.00283. The van der Waals surface area contributed by atoms with Crippen LogP contribution in [0.25, 0.3) is 0 Å². The molecule has 0 atom stereocenters. The van der Waals surface area contributed by atoms with Crippen molar-refractivity contribution in [2.24, 2.45) is 5.10 Å². The molecule has 0 aliphatic rings. The van der Waals surface area contributed by atoms with E-state index >= 15 is 0 Å². The smallest absolute Gasteiger partial charge is 0.267 e. The zero-order valence-electron chi connectivity index (χ0n) is 14.4. The van der Waals surface area contributed by atoms with Crippen molar-refractivity contribution in [2.75, 3.05) is 0 Å². The second kappa shape index (κ2) is 8.52. The summed E-state index contributed by atoms with van der Waals surface area (Å²) in [5.74, 6) is -1.13. The van der Waals surface area contributed by atoms with Crippen molar-refractivity contribution >= 4 is 24.3 Å². The molecular formula is C17H19FN4O3S. The summed E-state index contributed by atoms with van der Waals surface area (Å²) in [6, 6.07) is 5.52. The number of rotatable bonds is 6. The Kier molecular flexibility index (Phi) is 6.40. The van der Waals surface area contributed by atoms with E-state index in [-0.39, 0.29) is 28.5 Å². The average molecular weight is 378 g/mol. The van der Waals surface area contributed by atoms with Crippen LogP contribution in [-0.4, -0.2) is 26.4 Å². The Hall–Kier alpha value is -2.81. The summed E-state index contributed by atoms with van der Waals surface area (Å²) in [4.78, 5) is 24.3. The molecule has 7 nitrogen and oxygen atoms in total. The monoisotopic (exact) mass is 378 g/mol. The maximum atomic E-state index is 12.9. The molecule has 1 amide bonds. The number of aromatic nitrogens is 2. The van der Waals surface area contributed by atoms with Gasteiger partial charge in [-0.15, -0.1) is 0 Å². The number of carbonyl (C=O) groups excluding carboxylic acids is 1. The highest BCUT2D eigenvalue weighted by Crippen LogP contribution is 2.12. The third-order valence-electron chi connectivity index (χ3n) is 3.73. The molecule has 0 aliphatic heterocycles. The number of nitrogens with zero attached hydrogens (tertiary/aromatic N) is 3. The fourth-order valence-corrected chi connectivity index (χ4v) is 2.81. The van der Waals surface area contributed by atoms with Crippen molar-refractivity contribution < 1.29 is 14.3 Å². The number of hydrogen-bond donors (Lipinski definition) is 2. The molecule has 0 saturated carbocycles. The van der Waals surface area contributed by atoms with Crippen LogP contribution in [0.15, 0.2) is 34.2 Å². The molecule has 9 heteroatoms. The summed E-state index contributed by atoms with van der Waals surface area (Å²) in [5.41, 5.74) is 2.35. The van der Waals surface area contributed by atoms with Gasteiger partial charge in [0.25, 0.3) is 5.56 Å². The normalized spacial score (nSPS) is 11.0. The van der Waals surface area contributed by atoms with E-state index in [9.17, 15) is 19.1 Å². The largest absolute Gasteiger partial charge is 0.494 e. The molecule has 0 spiro atoms. The molecule has 0 bridgehead atoms. The molecule has 2 rings (SSSR count). The van der Waals surface area contributed by atoms with Crippen LogP contribution >= 0.6 is 12.2 Å². The van der Waals surface area contributed by atoms with Gasteiger partial charge in [-0.25, -0.2) is 9.82 Å². The molecule has 0 fully saturated rings. The third kappa shape index (κ3) is 4.23. The first-order chi connectivity index (χ1) is 12.4. The lowest BCUT2D eigenvalue weighted by Crippen LogP contribution is -2.28. The first-order valence-corrected chi connectivity index (χ1v) is 8.42. The van der Waals surface area contributed by atoms with Gasteiger partial charge in [-0.3, -0.25) is 18.7 Å². The molecule has 0 radical (unpaired) electrons. The lowest BCUT2D eigenvalue weighted by molar-refractivity contribution is -0.120. The van der Waals surface area contributed by atoms with Crippen LogP contribution in [0.1, 0.15) is 25.0 Å². The molecule has 0 unspecified atom stereocenters. The standard InChI is InChI=1S/C17H19FN4O3S/c1-3-21-15(24)13(16(25)22(4-2)17(21)26)10-19-20-14(23)9-11-5-7-12(18)8-6-11/h5-8,10,24H,3-4,9H2,1-2H3,(H,20,23)/b19-10+. The molecule has 0 saturated heterocycles. The zero-order chi connectivity index (χ0) is 19.3. The quantitative estimate of drug-likeness (QED) is 0.457. The second-order valence-electron chi connectivity index (χ2n) is 5.41. The predicted octanol–water partition coefficient (Wildman–Crippen LogP) is 1.96. The van der Waals surface area contributed by atoms with Gasteiger partial charge < -0.3 is 5.11 Å². The Morgan fingerprint density at radius 2 is 1.88 bits per heavy atom. The fourth-order valence-electron chi connectivity index (χ4n) is 2.38. The fraction of sp³-hybridized carbons (Fsp3) is 0.294. The van der Waals surface area contributed by atoms with Crippen LogP contribution in [0.2, 0.25) is 0 Å². The van der Waals surface area contributed by atoms with E-state index < -0.39 is 11.5 Å². The maximum absolute atomic E-state index is 12.9. The van der Waals surface area contributed by atoms with Crippen LogP contribution in [-0.2, 0) is 24.3 Å². The molecule has 0 aliphatic carbocycles. The number of nitrogens with one attached hydrogen (secondary N) is 1. The lowest BCUT2D eigenvalue weighted by Gasteiger charge is -2.13. The SMILES string of the molecule is CCn1c(O)c(/C=N/NC(=O)Cc2ccc(F)cc2)c(=O)n(CC)c1=S. The van der Waals surface area contributed by atoms with Gasteiger partial charge >= 0.3 is 0 Å². The van der Waals surface area contributed by atoms with Crippen molar-refractivity contribution in [3.63, 3.8) is 0 Å². The van der Waals surface area contributed by atoms with E-state index in [2.05, 4.69) is 10.5 Å². The third-order valence-corrected chi connectivity index (χ3v) is 4.17. The van der Waals surface area contributed by atoms with Gasteiger partial charge in [-0.2, -0.15) is 5.10 Å². The van der Waals surface area contributed by atoms with Crippen molar-refractivity contribution in [2.45, 2.75) is 33.4 Å². The summed E-state index contributed by atoms with van der Waals surface area (Å²) in [6.07, 6.45) is 1.09. The van der Waals surface area contributed by atoms with Gasteiger partial charge in [-0.1, -0.05) is 12.1 Å². The van der Waals surface area contributed by atoms with Crippen molar-refractivity contribution in [1.82, 2.24) is 14.6 Å². The molecule has 138 valence electrons. The summed E-state index contributed by atoms with van der Waals surface area (Å²) >= 11 is 5.19. The molecule has 2 aromatic rings. The van der Waals surface area contributed by atoms with E-state index in [1.807, 2.05) is 0 Å². The van der Waals surface area contributed by atoms with Crippen LogP contribution in [0.3, 0.4) is 0 Å². The molecule has 2 N–H and O–H groups in total. The Balaban J connectivity index is 2.20. The van der Waals surface area contributed by atoms with Crippen molar-refractivity contribution in [3.8, 4) is 5.88 Å². The van der Waals surface area contributed by atoms with Gasteiger partial charge in [0.15, 0.2) is 4.77 Å². The number of hydrazone groups is 1. The number of hydrogen-bond acceptors (Lipinski definition) is 5. The van der Waals surface area contributed by atoms with Crippen molar-refractivity contribution in [3.05, 3.63) is 56.3 Å². The van der Waals surface area contributed by atoms with Crippen LogP contribution in [0, 0.1) is 10.6 Å². The summed E-state index contributed by atoms with van der Waals surface area (Å²) < 4.78 is 15.8. The molecule has 1 aromatic heterocycles. The van der Waals surface area contributed by atoms with Crippen molar-refractivity contribution in [1.29, 1.82) is 0 Å². The minimum Gasteiger partial charge on any atom is -0.494 e. The number of carbonyl (C=O) groups is 1. The van der Waals surface area contributed by atoms with E-state index in [0.29, 0.717) is 18.7 Å². The van der Waals surface area contributed by atoms with Gasteiger partial charge in [0.2, 0.25) is 11.8 Å². The highest BCUT2D eigenvalue weighted by Gasteiger charge is 2.14. The van der Waals surface area contributed by atoms with Gasteiger partial charge in [0.1, 0.15) is 11.4 Å². The topological polar surface area (TPSA) is 88.6 Å². The zero-order valence-corrected chi connectivity index (χ0v) is 15.2. The second-order valence-corrected chi connectivity index (χ2v) is 5.78. The predicted molar refractivity (Wildman–Crippen MR) is 98.4 cm³/mol. The van der Waals surface area contributed by atoms with E-state index in [0.717, 1.165) is 6.21 Å². The van der Waals surface area contributed by atoms with Crippen LogP contribution in [0.5, 0.6) is 5.88 Å². The Labute approximate surface area is 154 Å². The first-order valence-electron chi connectivity index (χ1n) is 8.02. The maximum Gasteiger partial charge on any atom is 0.267 e. The van der Waals surface area contributed by atoms with Crippen LogP contribution in [0.4, 0.5) is 4.39 Å².